The molecule has 84 valence electrons. The number of nitrogens with zero attached hydrogens (tertiary/aromatic N) is 4. The summed E-state index contributed by atoms with van der Waals surface area (Å²) in [6.45, 7) is 1.94. The van der Waals surface area contributed by atoms with E-state index in [2.05, 4.69) is 20.2 Å². The molecule has 1 saturated heterocycles. The van der Waals surface area contributed by atoms with E-state index >= 15 is 0 Å². The number of aromatic nitrogens is 2. The fourth-order valence-electron chi connectivity index (χ4n) is 1.91. The molecule has 16 heavy (non-hydrogen) atoms. The number of anilines is 1. The molecule has 1 N–H and O–H groups in total. The van der Waals surface area contributed by atoms with E-state index in [9.17, 15) is 0 Å². The fourth-order valence-corrected chi connectivity index (χ4v) is 1.91. The summed E-state index contributed by atoms with van der Waals surface area (Å²) in [5, 5.41) is 11.9. The van der Waals surface area contributed by atoms with Crippen LogP contribution in [0, 0.1) is 11.3 Å². The first-order valence-electron chi connectivity index (χ1n) is 5.48. The molecule has 1 aliphatic rings. The van der Waals surface area contributed by atoms with Crippen LogP contribution in [0.5, 0.6) is 0 Å². The summed E-state index contributed by atoms with van der Waals surface area (Å²) in [7, 11) is 2.00. The molecule has 0 radical (unpaired) electrons. The van der Waals surface area contributed by atoms with Crippen LogP contribution >= 0.6 is 0 Å². The van der Waals surface area contributed by atoms with Gasteiger partial charge < -0.3 is 10.2 Å². The predicted molar refractivity (Wildman–Crippen MR) is 61.0 cm³/mol. The number of hydrogen-bond donors (Lipinski definition) is 1. The van der Waals surface area contributed by atoms with E-state index < -0.39 is 0 Å². The van der Waals surface area contributed by atoms with Crippen molar-refractivity contribution in [2.75, 3.05) is 25.0 Å². The Morgan fingerprint density at radius 3 is 2.50 bits per heavy atom. The van der Waals surface area contributed by atoms with Crippen LogP contribution in [0.1, 0.15) is 18.4 Å². The zero-order chi connectivity index (χ0) is 11.4. The van der Waals surface area contributed by atoms with E-state index in [-0.39, 0.29) is 0 Å². The second-order valence-electron chi connectivity index (χ2n) is 3.93. The molecule has 2 heterocycles. The zero-order valence-corrected chi connectivity index (χ0v) is 9.35. The summed E-state index contributed by atoms with van der Waals surface area (Å²) >= 11 is 0. The molecule has 0 spiro atoms. The van der Waals surface area contributed by atoms with Crippen LogP contribution in [0.15, 0.2) is 12.4 Å². The van der Waals surface area contributed by atoms with Crippen molar-refractivity contribution in [3.05, 3.63) is 18.0 Å². The Morgan fingerprint density at radius 2 is 2.00 bits per heavy atom. The summed E-state index contributed by atoms with van der Waals surface area (Å²) in [5.41, 5.74) is 0.508. The van der Waals surface area contributed by atoms with Gasteiger partial charge in [0.25, 0.3) is 0 Å². The standard InChI is InChI=1S/C11H15N5/c1-13-10-2-4-16(5-3-10)11-14-7-9(6-12)8-15-11/h7-8,10,13H,2-5H2,1H3. The second kappa shape index (κ2) is 4.90. The first-order chi connectivity index (χ1) is 7.83. The maximum atomic E-state index is 8.65. The Morgan fingerprint density at radius 1 is 1.38 bits per heavy atom. The number of rotatable bonds is 2. The van der Waals surface area contributed by atoms with Crippen molar-refractivity contribution in [1.29, 1.82) is 5.26 Å². The highest BCUT2D eigenvalue weighted by atomic mass is 15.3. The molecule has 0 aromatic carbocycles. The molecule has 1 fully saturated rings. The van der Waals surface area contributed by atoms with Crippen molar-refractivity contribution in [1.82, 2.24) is 15.3 Å². The summed E-state index contributed by atoms with van der Waals surface area (Å²) in [6.07, 6.45) is 5.37. The molecule has 0 atom stereocenters. The topological polar surface area (TPSA) is 64.8 Å². The van der Waals surface area contributed by atoms with Gasteiger partial charge in [0, 0.05) is 19.1 Å². The monoisotopic (exact) mass is 217 g/mol. The Labute approximate surface area is 95.1 Å². The molecule has 0 amide bonds. The lowest BCUT2D eigenvalue weighted by atomic mass is 10.1. The van der Waals surface area contributed by atoms with Gasteiger partial charge >= 0.3 is 0 Å². The summed E-state index contributed by atoms with van der Waals surface area (Å²) in [5.74, 6) is 0.730. The Balaban J connectivity index is 2.00. The minimum atomic E-state index is 0.508. The van der Waals surface area contributed by atoms with Gasteiger partial charge in [-0.05, 0) is 19.9 Å². The third-order valence-corrected chi connectivity index (χ3v) is 2.95. The van der Waals surface area contributed by atoms with E-state index in [0.29, 0.717) is 11.6 Å². The highest BCUT2D eigenvalue weighted by molar-refractivity contribution is 5.33. The predicted octanol–water partition coefficient (Wildman–Crippen LogP) is 0.536. The van der Waals surface area contributed by atoms with Gasteiger partial charge in [0.15, 0.2) is 0 Å². The lowest BCUT2D eigenvalue weighted by molar-refractivity contribution is 0.439. The fraction of sp³-hybridized carbons (Fsp3) is 0.545. The third-order valence-electron chi connectivity index (χ3n) is 2.95. The molecule has 1 aromatic heterocycles. The van der Waals surface area contributed by atoms with Crippen LogP contribution in [-0.4, -0.2) is 36.1 Å². The van der Waals surface area contributed by atoms with Gasteiger partial charge in [-0.2, -0.15) is 5.26 Å². The molecule has 1 aliphatic heterocycles. The summed E-state index contributed by atoms with van der Waals surface area (Å²) < 4.78 is 0. The van der Waals surface area contributed by atoms with Crippen molar-refractivity contribution in [3.8, 4) is 6.07 Å². The highest BCUT2D eigenvalue weighted by Crippen LogP contribution is 2.15. The molecule has 0 unspecified atom stereocenters. The number of nitriles is 1. The van der Waals surface area contributed by atoms with Crippen molar-refractivity contribution in [2.45, 2.75) is 18.9 Å². The van der Waals surface area contributed by atoms with E-state index in [1.165, 1.54) is 0 Å². The maximum Gasteiger partial charge on any atom is 0.225 e. The SMILES string of the molecule is CNC1CCN(c2ncc(C#N)cn2)CC1. The van der Waals surface area contributed by atoms with Gasteiger partial charge in [0.1, 0.15) is 6.07 Å². The molecular formula is C11H15N5. The normalized spacial score (nSPS) is 17.1. The minimum Gasteiger partial charge on any atom is -0.341 e. The first kappa shape index (κ1) is 10.8. The van der Waals surface area contributed by atoms with Gasteiger partial charge in [-0.25, -0.2) is 9.97 Å². The maximum absolute atomic E-state index is 8.65. The summed E-state index contributed by atoms with van der Waals surface area (Å²) in [4.78, 5) is 10.6. The van der Waals surface area contributed by atoms with Crippen LogP contribution in [0.25, 0.3) is 0 Å². The van der Waals surface area contributed by atoms with Gasteiger partial charge in [-0.3, -0.25) is 0 Å². The lowest BCUT2D eigenvalue weighted by Gasteiger charge is -2.31. The van der Waals surface area contributed by atoms with E-state index in [1.807, 2.05) is 13.1 Å². The molecule has 0 saturated carbocycles. The van der Waals surface area contributed by atoms with Crippen LogP contribution in [0.2, 0.25) is 0 Å². The smallest absolute Gasteiger partial charge is 0.225 e. The molecular weight excluding hydrogens is 202 g/mol. The minimum absolute atomic E-state index is 0.508. The van der Waals surface area contributed by atoms with Crippen molar-refractivity contribution in [3.63, 3.8) is 0 Å². The van der Waals surface area contributed by atoms with Crippen LogP contribution in [0.4, 0.5) is 5.95 Å². The first-order valence-corrected chi connectivity index (χ1v) is 5.48. The molecule has 0 bridgehead atoms. The van der Waals surface area contributed by atoms with Crippen LogP contribution in [-0.2, 0) is 0 Å². The largest absolute Gasteiger partial charge is 0.341 e. The quantitative estimate of drug-likeness (QED) is 0.783. The van der Waals surface area contributed by atoms with E-state index in [1.54, 1.807) is 12.4 Å². The number of piperidine rings is 1. The molecule has 5 nitrogen and oxygen atoms in total. The molecule has 5 heteroatoms. The van der Waals surface area contributed by atoms with E-state index in [0.717, 1.165) is 31.9 Å². The van der Waals surface area contributed by atoms with Gasteiger partial charge in [-0.1, -0.05) is 0 Å². The number of nitrogens with one attached hydrogen (secondary N) is 1. The van der Waals surface area contributed by atoms with Gasteiger partial charge in [-0.15, -0.1) is 0 Å². The molecule has 2 rings (SSSR count). The lowest BCUT2D eigenvalue weighted by Crippen LogP contribution is -2.41. The molecule has 0 aliphatic carbocycles. The van der Waals surface area contributed by atoms with Crippen molar-refractivity contribution in [2.24, 2.45) is 0 Å². The van der Waals surface area contributed by atoms with Gasteiger partial charge in [0.05, 0.1) is 18.0 Å². The van der Waals surface area contributed by atoms with Crippen molar-refractivity contribution >= 4 is 5.95 Å². The second-order valence-corrected chi connectivity index (χ2v) is 3.93. The van der Waals surface area contributed by atoms with Crippen LogP contribution < -0.4 is 10.2 Å². The van der Waals surface area contributed by atoms with Crippen molar-refractivity contribution < 1.29 is 0 Å². The average molecular weight is 217 g/mol. The third kappa shape index (κ3) is 2.28. The van der Waals surface area contributed by atoms with Crippen LogP contribution in [0.3, 0.4) is 0 Å². The Bertz CT molecular complexity index is 372. The zero-order valence-electron chi connectivity index (χ0n) is 9.35. The summed E-state index contributed by atoms with van der Waals surface area (Å²) in [6, 6.07) is 2.63. The highest BCUT2D eigenvalue weighted by Gasteiger charge is 2.19. The van der Waals surface area contributed by atoms with Gasteiger partial charge in [0.2, 0.25) is 5.95 Å². The number of hydrogen-bond acceptors (Lipinski definition) is 5. The Hall–Kier alpha value is -1.67. The Kier molecular flexibility index (Phi) is 3.32. The molecule has 1 aromatic rings. The van der Waals surface area contributed by atoms with E-state index in [4.69, 9.17) is 5.26 Å². The average Bonchev–Trinajstić information content (AvgIpc) is 2.39.